The van der Waals surface area contributed by atoms with E-state index < -0.39 is 0 Å². The van der Waals surface area contributed by atoms with Crippen molar-refractivity contribution in [2.45, 2.75) is 32.4 Å². The third-order valence-electron chi connectivity index (χ3n) is 4.72. The van der Waals surface area contributed by atoms with Gasteiger partial charge in [-0.05, 0) is 49.9 Å². The van der Waals surface area contributed by atoms with Crippen molar-refractivity contribution in [3.05, 3.63) is 35.4 Å². The number of likely N-dealkylation sites (tertiary alicyclic amines) is 1. The Kier molecular flexibility index (Phi) is 7.69. The van der Waals surface area contributed by atoms with Crippen LogP contribution in [-0.2, 0) is 16.1 Å². The Hall–Kier alpha value is -1.43. The second kappa shape index (κ2) is 9.77. The van der Waals surface area contributed by atoms with Crippen molar-refractivity contribution < 1.29 is 14.3 Å². The van der Waals surface area contributed by atoms with Crippen molar-refractivity contribution >= 4 is 5.91 Å². The maximum atomic E-state index is 12.5. The van der Waals surface area contributed by atoms with Crippen LogP contribution in [-0.4, -0.2) is 57.3 Å². The lowest BCUT2D eigenvalue weighted by Crippen LogP contribution is -2.46. The second-order valence-electron chi connectivity index (χ2n) is 6.59. The first-order chi connectivity index (χ1) is 11.6. The van der Waals surface area contributed by atoms with Crippen molar-refractivity contribution in [2.75, 3.05) is 40.5 Å². The lowest BCUT2D eigenvalue weighted by molar-refractivity contribution is 0.0854. The van der Waals surface area contributed by atoms with Gasteiger partial charge in [0, 0.05) is 38.9 Å². The molecule has 0 bridgehead atoms. The number of carbonyl (C=O) groups is 1. The minimum absolute atomic E-state index is 0.00512. The number of hydrogen-bond acceptors (Lipinski definition) is 4. The summed E-state index contributed by atoms with van der Waals surface area (Å²) < 4.78 is 10.3. The average molecular weight is 334 g/mol. The molecular formula is C19H30N2O3. The highest BCUT2D eigenvalue weighted by molar-refractivity contribution is 5.94. The van der Waals surface area contributed by atoms with Gasteiger partial charge in [0.05, 0.1) is 13.2 Å². The summed E-state index contributed by atoms with van der Waals surface area (Å²) in [6, 6.07) is 7.79. The van der Waals surface area contributed by atoms with Crippen LogP contribution in [0.3, 0.4) is 0 Å². The fourth-order valence-corrected chi connectivity index (χ4v) is 3.30. The fraction of sp³-hybridized carbons (Fsp3) is 0.632. The SMILES string of the molecule is COCCN1CCC[C@@H]([C@@H](C)NC(=O)c2cccc(COC)c2)C1. The standard InChI is InChI=1S/C19H30N2O3/c1-15(18-8-5-9-21(13-18)10-11-23-2)20-19(22)17-7-4-6-16(12-17)14-24-3/h4,6-7,12,15,18H,5,8-11,13-14H2,1-3H3,(H,20,22)/t15-,18-/m1/s1. The van der Waals surface area contributed by atoms with Crippen LogP contribution in [0.15, 0.2) is 24.3 Å². The number of nitrogens with zero attached hydrogens (tertiary/aromatic N) is 1. The van der Waals surface area contributed by atoms with Crippen LogP contribution in [0, 0.1) is 5.92 Å². The second-order valence-corrected chi connectivity index (χ2v) is 6.59. The van der Waals surface area contributed by atoms with Crippen LogP contribution in [0.2, 0.25) is 0 Å². The zero-order valence-corrected chi connectivity index (χ0v) is 15.1. The maximum absolute atomic E-state index is 12.5. The largest absolute Gasteiger partial charge is 0.383 e. The number of benzene rings is 1. The van der Waals surface area contributed by atoms with Gasteiger partial charge in [-0.25, -0.2) is 0 Å². The first-order valence-corrected chi connectivity index (χ1v) is 8.74. The highest BCUT2D eigenvalue weighted by Gasteiger charge is 2.25. The van der Waals surface area contributed by atoms with Gasteiger partial charge >= 0.3 is 0 Å². The normalized spacial score (nSPS) is 19.9. The number of rotatable bonds is 8. The van der Waals surface area contributed by atoms with Crippen LogP contribution >= 0.6 is 0 Å². The molecule has 1 aromatic rings. The third-order valence-corrected chi connectivity index (χ3v) is 4.72. The van der Waals surface area contributed by atoms with E-state index in [-0.39, 0.29) is 11.9 Å². The van der Waals surface area contributed by atoms with Gasteiger partial charge in [-0.2, -0.15) is 0 Å². The molecule has 0 aromatic heterocycles. The van der Waals surface area contributed by atoms with Gasteiger partial charge in [0.15, 0.2) is 0 Å². The van der Waals surface area contributed by atoms with Gasteiger partial charge in [0.2, 0.25) is 0 Å². The lowest BCUT2D eigenvalue weighted by atomic mass is 9.91. The van der Waals surface area contributed by atoms with E-state index in [0.717, 1.165) is 38.2 Å². The predicted octanol–water partition coefficient (Wildman–Crippen LogP) is 2.31. The molecule has 1 fully saturated rings. The Balaban J connectivity index is 1.89. The Morgan fingerprint density at radius 2 is 2.21 bits per heavy atom. The Labute approximate surface area is 145 Å². The van der Waals surface area contributed by atoms with Crippen molar-refractivity contribution in [1.29, 1.82) is 0 Å². The summed E-state index contributed by atoms with van der Waals surface area (Å²) in [7, 11) is 3.40. The fourth-order valence-electron chi connectivity index (χ4n) is 3.30. The summed E-state index contributed by atoms with van der Waals surface area (Å²) in [5, 5.41) is 3.17. The Morgan fingerprint density at radius 1 is 1.38 bits per heavy atom. The Morgan fingerprint density at radius 3 is 2.96 bits per heavy atom. The first kappa shape index (κ1) is 18.9. The topological polar surface area (TPSA) is 50.8 Å². The summed E-state index contributed by atoms with van der Waals surface area (Å²) in [6.07, 6.45) is 2.34. The van der Waals surface area contributed by atoms with Crippen LogP contribution in [0.25, 0.3) is 0 Å². The minimum atomic E-state index is -0.00512. The number of amides is 1. The molecule has 1 aliphatic rings. The van der Waals surface area contributed by atoms with E-state index >= 15 is 0 Å². The Bertz CT molecular complexity index is 521. The van der Waals surface area contributed by atoms with E-state index in [1.165, 1.54) is 6.42 Å². The molecule has 2 atom stereocenters. The van der Waals surface area contributed by atoms with Crippen LogP contribution in [0.1, 0.15) is 35.7 Å². The molecule has 0 unspecified atom stereocenters. The van der Waals surface area contributed by atoms with Gasteiger partial charge in [-0.3, -0.25) is 4.79 Å². The zero-order valence-electron chi connectivity index (χ0n) is 15.1. The van der Waals surface area contributed by atoms with Gasteiger partial charge in [-0.15, -0.1) is 0 Å². The highest BCUT2D eigenvalue weighted by Crippen LogP contribution is 2.20. The molecular weight excluding hydrogens is 304 g/mol. The van der Waals surface area contributed by atoms with Gasteiger partial charge < -0.3 is 19.7 Å². The summed E-state index contributed by atoms with van der Waals surface area (Å²) in [5.74, 6) is 0.483. The molecule has 1 amide bonds. The minimum Gasteiger partial charge on any atom is -0.383 e. The highest BCUT2D eigenvalue weighted by atomic mass is 16.5. The van der Waals surface area contributed by atoms with E-state index in [1.807, 2.05) is 24.3 Å². The molecule has 1 aliphatic heterocycles. The predicted molar refractivity (Wildman–Crippen MR) is 95.1 cm³/mol. The molecule has 1 heterocycles. The smallest absolute Gasteiger partial charge is 0.251 e. The number of ether oxygens (including phenoxy) is 2. The van der Waals surface area contributed by atoms with Crippen LogP contribution in [0.5, 0.6) is 0 Å². The molecule has 5 nitrogen and oxygen atoms in total. The van der Waals surface area contributed by atoms with Crippen molar-refractivity contribution in [3.8, 4) is 0 Å². The molecule has 2 rings (SSSR count). The summed E-state index contributed by atoms with van der Waals surface area (Å²) in [6.45, 7) is 6.51. The molecule has 1 aromatic carbocycles. The molecule has 1 saturated heterocycles. The third kappa shape index (κ3) is 5.58. The summed E-state index contributed by atoms with van der Waals surface area (Å²) >= 11 is 0. The number of piperidine rings is 1. The number of nitrogens with one attached hydrogen (secondary N) is 1. The lowest BCUT2D eigenvalue weighted by Gasteiger charge is -2.35. The van der Waals surface area contributed by atoms with Gasteiger partial charge in [0.1, 0.15) is 0 Å². The quantitative estimate of drug-likeness (QED) is 0.793. The number of hydrogen-bond donors (Lipinski definition) is 1. The van der Waals surface area contributed by atoms with E-state index in [0.29, 0.717) is 18.1 Å². The van der Waals surface area contributed by atoms with E-state index in [2.05, 4.69) is 17.1 Å². The van der Waals surface area contributed by atoms with E-state index in [9.17, 15) is 4.79 Å². The average Bonchev–Trinajstić information content (AvgIpc) is 2.60. The first-order valence-electron chi connectivity index (χ1n) is 8.74. The molecule has 5 heteroatoms. The maximum Gasteiger partial charge on any atom is 0.251 e. The molecule has 134 valence electrons. The van der Waals surface area contributed by atoms with Crippen LogP contribution in [0.4, 0.5) is 0 Å². The molecule has 0 spiro atoms. The monoisotopic (exact) mass is 334 g/mol. The van der Waals surface area contributed by atoms with Gasteiger partial charge in [0.25, 0.3) is 5.91 Å². The molecule has 0 aliphatic carbocycles. The molecule has 0 saturated carbocycles. The molecule has 1 N–H and O–H groups in total. The van der Waals surface area contributed by atoms with Crippen molar-refractivity contribution in [1.82, 2.24) is 10.2 Å². The molecule has 24 heavy (non-hydrogen) atoms. The molecule has 0 radical (unpaired) electrons. The number of methoxy groups -OCH3 is 2. The van der Waals surface area contributed by atoms with E-state index in [1.54, 1.807) is 14.2 Å². The van der Waals surface area contributed by atoms with Crippen LogP contribution < -0.4 is 5.32 Å². The summed E-state index contributed by atoms with van der Waals surface area (Å²) in [4.78, 5) is 15.0. The van der Waals surface area contributed by atoms with E-state index in [4.69, 9.17) is 9.47 Å². The summed E-state index contributed by atoms with van der Waals surface area (Å²) in [5.41, 5.74) is 1.71. The van der Waals surface area contributed by atoms with Crippen molar-refractivity contribution in [2.24, 2.45) is 5.92 Å². The van der Waals surface area contributed by atoms with Gasteiger partial charge in [-0.1, -0.05) is 12.1 Å². The zero-order chi connectivity index (χ0) is 17.4. The van der Waals surface area contributed by atoms with Crippen molar-refractivity contribution in [3.63, 3.8) is 0 Å². The number of carbonyl (C=O) groups excluding carboxylic acids is 1.